The monoisotopic (exact) mass is 314 g/mol. The molecule has 0 unspecified atom stereocenters. The fraction of sp³-hybridized carbons (Fsp3) is 0.176. The molecular formula is C17H18N2O4. The van der Waals surface area contributed by atoms with E-state index in [0.29, 0.717) is 18.0 Å². The molecular weight excluding hydrogens is 296 g/mol. The number of aryl methyl sites for hydroxylation is 1. The molecule has 0 heterocycles. The molecule has 2 rings (SSSR count). The van der Waals surface area contributed by atoms with Crippen molar-refractivity contribution in [2.75, 3.05) is 17.2 Å². The summed E-state index contributed by atoms with van der Waals surface area (Å²) in [4.78, 5) is 24.0. The first-order valence-electron chi connectivity index (χ1n) is 7.15. The van der Waals surface area contributed by atoms with Gasteiger partial charge in [-0.1, -0.05) is 18.2 Å². The Morgan fingerprint density at radius 3 is 2.39 bits per heavy atom. The van der Waals surface area contributed by atoms with Gasteiger partial charge in [0.05, 0.1) is 18.0 Å². The first-order valence-corrected chi connectivity index (χ1v) is 7.15. The van der Waals surface area contributed by atoms with Crippen LogP contribution in [0, 0.1) is 6.92 Å². The highest BCUT2D eigenvalue weighted by Crippen LogP contribution is 2.25. The van der Waals surface area contributed by atoms with Gasteiger partial charge in [0.15, 0.2) is 0 Å². The molecule has 0 aliphatic heterocycles. The summed E-state index contributed by atoms with van der Waals surface area (Å²) in [5.41, 5.74) is 1.44. The van der Waals surface area contributed by atoms with Crippen molar-refractivity contribution < 1.29 is 19.4 Å². The Morgan fingerprint density at radius 1 is 1.04 bits per heavy atom. The largest absolute Gasteiger partial charge is 0.506 e. The Labute approximate surface area is 134 Å². The maximum atomic E-state index is 12.0. The minimum Gasteiger partial charge on any atom is -0.506 e. The van der Waals surface area contributed by atoms with Crippen LogP contribution in [0.5, 0.6) is 11.5 Å². The molecule has 0 saturated carbocycles. The lowest BCUT2D eigenvalue weighted by molar-refractivity contribution is -0.133. The molecule has 0 atom stereocenters. The minimum atomic E-state index is -0.878. The summed E-state index contributed by atoms with van der Waals surface area (Å²) in [6.07, 6.45) is 0. The van der Waals surface area contributed by atoms with Gasteiger partial charge in [-0.3, -0.25) is 9.59 Å². The Hall–Kier alpha value is -3.02. The van der Waals surface area contributed by atoms with Crippen LogP contribution in [0.25, 0.3) is 0 Å². The topological polar surface area (TPSA) is 87.7 Å². The summed E-state index contributed by atoms with van der Waals surface area (Å²) in [6, 6.07) is 11.6. The second kappa shape index (κ2) is 7.31. The average Bonchev–Trinajstić information content (AvgIpc) is 2.53. The zero-order valence-electron chi connectivity index (χ0n) is 12.9. The number of phenols is 1. The Balaban J connectivity index is 2.09. The number of ether oxygens (including phenoxy) is 1. The van der Waals surface area contributed by atoms with Crippen molar-refractivity contribution in [3.05, 3.63) is 48.0 Å². The van der Waals surface area contributed by atoms with Crippen LogP contribution in [0.3, 0.4) is 0 Å². The number of nitrogens with one attached hydrogen (secondary N) is 2. The number of anilines is 2. The van der Waals surface area contributed by atoms with E-state index >= 15 is 0 Å². The van der Waals surface area contributed by atoms with Crippen molar-refractivity contribution in [3.63, 3.8) is 0 Å². The van der Waals surface area contributed by atoms with Crippen LogP contribution in [-0.4, -0.2) is 23.5 Å². The van der Waals surface area contributed by atoms with Crippen LogP contribution < -0.4 is 15.4 Å². The standard InChI is InChI=1S/C17H18N2O4/c1-3-23-15-7-5-4-6-12(15)18-16(21)17(22)19-13-10-11(2)8-9-14(13)20/h4-10,20H,3H2,1-2H3,(H,18,21)(H,19,22). The molecule has 0 radical (unpaired) electrons. The van der Waals surface area contributed by atoms with E-state index in [4.69, 9.17) is 4.74 Å². The number of hydrogen-bond donors (Lipinski definition) is 3. The first kappa shape index (κ1) is 16.4. The number of phenolic OH excluding ortho intramolecular Hbond substituents is 1. The van der Waals surface area contributed by atoms with Gasteiger partial charge in [0, 0.05) is 0 Å². The Bertz CT molecular complexity index is 728. The molecule has 0 aliphatic rings. The van der Waals surface area contributed by atoms with Crippen molar-refractivity contribution in [2.45, 2.75) is 13.8 Å². The predicted molar refractivity (Wildman–Crippen MR) is 87.7 cm³/mol. The second-order valence-electron chi connectivity index (χ2n) is 4.86. The van der Waals surface area contributed by atoms with Gasteiger partial charge >= 0.3 is 11.8 Å². The van der Waals surface area contributed by atoms with Gasteiger partial charge in [0.2, 0.25) is 0 Å². The Morgan fingerprint density at radius 2 is 1.70 bits per heavy atom. The molecule has 0 aliphatic carbocycles. The normalized spacial score (nSPS) is 10.0. The average molecular weight is 314 g/mol. The number of rotatable bonds is 4. The van der Waals surface area contributed by atoms with Gasteiger partial charge in [0.1, 0.15) is 11.5 Å². The molecule has 6 nitrogen and oxygen atoms in total. The summed E-state index contributed by atoms with van der Waals surface area (Å²) >= 11 is 0. The lowest BCUT2D eigenvalue weighted by Crippen LogP contribution is -2.29. The zero-order chi connectivity index (χ0) is 16.8. The van der Waals surface area contributed by atoms with Crippen molar-refractivity contribution in [2.24, 2.45) is 0 Å². The maximum absolute atomic E-state index is 12.0. The third kappa shape index (κ3) is 4.23. The molecule has 120 valence electrons. The van der Waals surface area contributed by atoms with E-state index in [9.17, 15) is 14.7 Å². The highest BCUT2D eigenvalue weighted by atomic mass is 16.5. The van der Waals surface area contributed by atoms with Crippen LogP contribution in [0.2, 0.25) is 0 Å². The third-order valence-electron chi connectivity index (χ3n) is 3.04. The quantitative estimate of drug-likeness (QED) is 0.598. The van der Waals surface area contributed by atoms with E-state index in [2.05, 4.69) is 10.6 Å². The third-order valence-corrected chi connectivity index (χ3v) is 3.04. The molecule has 23 heavy (non-hydrogen) atoms. The SMILES string of the molecule is CCOc1ccccc1NC(=O)C(=O)Nc1cc(C)ccc1O. The lowest BCUT2D eigenvalue weighted by atomic mass is 10.2. The summed E-state index contributed by atoms with van der Waals surface area (Å²) in [5.74, 6) is -1.35. The van der Waals surface area contributed by atoms with Crippen molar-refractivity contribution in [3.8, 4) is 11.5 Å². The molecule has 0 spiro atoms. The molecule has 2 aromatic rings. The van der Waals surface area contributed by atoms with Gasteiger partial charge in [-0.05, 0) is 43.7 Å². The van der Waals surface area contributed by atoms with E-state index in [1.165, 1.54) is 6.07 Å². The van der Waals surface area contributed by atoms with Gasteiger partial charge < -0.3 is 20.5 Å². The number of para-hydroxylation sites is 2. The van der Waals surface area contributed by atoms with E-state index < -0.39 is 11.8 Å². The number of aromatic hydroxyl groups is 1. The second-order valence-corrected chi connectivity index (χ2v) is 4.86. The lowest BCUT2D eigenvalue weighted by Gasteiger charge is -2.11. The zero-order valence-corrected chi connectivity index (χ0v) is 12.9. The van der Waals surface area contributed by atoms with Crippen LogP contribution in [-0.2, 0) is 9.59 Å². The Kier molecular flexibility index (Phi) is 5.19. The number of carbonyl (C=O) groups excluding carboxylic acids is 2. The van der Waals surface area contributed by atoms with E-state index in [-0.39, 0.29) is 11.4 Å². The van der Waals surface area contributed by atoms with Crippen LogP contribution >= 0.6 is 0 Å². The molecule has 6 heteroatoms. The smallest absolute Gasteiger partial charge is 0.314 e. The predicted octanol–water partition coefficient (Wildman–Crippen LogP) is 2.68. The van der Waals surface area contributed by atoms with E-state index in [0.717, 1.165) is 5.56 Å². The minimum absolute atomic E-state index is 0.105. The molecule has 0 bridgehead atoms. The fourth-order valence-electron chi connectivity index (χ4n) is 1.96. The van der Waals surface area contributed by atoms with E-state index in [1.807, 2.05) is 13.8 Å². The van der Waals surface area contributed by atoms with Gasteiger partial charge in [-0.25, -0.2) is 0 Å². The van der Waals surface area contributed by atoms with E-state index in [1.54, 1.807) is 36.4 Å². The van der Waals surface area contributed by atoms with Gasteiger partial charge in [-0.2, -0.15) is 0 Å². The van der Waals surface area contributed by atoms with Crippen LogP contribution in [0.4, 0.5) is 11.4 Å². The summed E-state index contributed by atoms with van der Waals surface area (Å²) in [7, 11) is 0. The van der Waals surface area contributed by atoms with Gasteiger partial charge in [-0.15, -0.1) is 0 Å². The highest BCUT2D eigenvalue weighted by molar-refractivity contribution is 6.43. The first-order chi connectivity index (χ1) is 11.0. The van der Waals surface area contributed by atoms with Crippen molar-refractivity contribution in [1.29, 1.82) is 0 Å². The van der Waals surface area contributed by atoms with Crippen molar-refractivity contribution in [1.82, 2.24) is 0 Å². The molecule has 0 saturated heterocycles. The van der Waals surface area contributed by atoms with Gasteiger partial charge in [0.25, 0.3) is 0 Å². The fourth-order valence-corrected chi connectivity index (χ4v) is 1.96. The molecule has 2 amide bonds. The molecule has 0 fully saturated rings. The van der Waals surface area contributed by atoms with Crippen molar-refractivity contribution >= 4 is 23.2 Å². The molecule has 0 aromatic heterocycles. The summed E-state index contributed by atoms with van der Waals surface area (Å²) in [6.45, 7) is 4.08. The van der Waals surface area contributed by atoms with Crippen LogP contribution in [0.15, 0.2) is 42.5 Å². The maximum Gasteiger partial charge on any atom is 0.314 e. The molecule has 3 N–H and O–H groups in total. The number of benzene rings is 2. The highest BCUT2D eigenvalue weighted by Gasteiger charge is 2.17. The number of carbonyl (C=O) groups is 2. The number of amides is 2. The number of hydrogen-bond acceptors (Lipinski definition) is 4. The summed E-state index contributed by atoms with van der Waals surface area (Å²) < 4.78 is 5.38. The van der Waals surface area contributed by atoms with Crippen LogP contribution in [0.1, 0.15) is 12.5 Å². The summed E-state index contributed by atoms with van der Waals surface area (Å²) in [5, 5.41) is 14.6. The molecule has 2 aromatic carbocycles.